The molecule has 9 heteroatoms. The lowest BCUT2D eigenvalue weighted by Gasteiger charge is -2.36. The minimum Gasteiger partial charge on any atom is -0.369 e. The van der Waals surface area contributed by atoms with Gasteiger partial charge >= 0.3 is 0 Å². The van der Waals surface area contributed by atoms with Crippen molar-refractivity contribution in [3.8, 4) is 0 Å². The fraction of sp³-hybridized carbons (Fsp3) is 0.458. The Kier molecular flexibility index (Phi) is 9.19. The van der Waals surface area contributed by atoms with E-state index >= 15 is 0 Å². The number of ketones is 1. The number of rotatable bonds is 11. The van der Waals surface area contributed by atoms with Gasteiger partial charge in [-0.15, -0.1) is 0 Å². The van der Waals surface area contributed by atoms with Crippen LogP contribution in [0.5, 0.6) is 0 Å². The second kappa shape index (κ2) is 11.9. The molecule has 180 valence electrons. The van der Waals surface area contributed by atoms with Gasteiger partial charge in [0.1, 0.15) is 0 Å². The molecule has 1 saturated heterocycles. The highest BCUT2D eigenvalue weighted by molar-refractivity contribution is 7.91. The third-order valence-corrected chi connectivity index (χ3v) is 8.51. The number of hydrogen-bond acceptors (Lipinski definition) is 6. The summed E-state index contributed by atoms with van der Waals surface area (Å²) in [5.74, 6) is -0.0923. The molecular weight excluding hydrogens is 458 g/mol. The predicted molar refractivity (Wildman–Crippen MR) is 133 cm³/mol. The van der Waals surface area contributed by atoms with E-state index < -0.39 is 20.8 Å². The van der Waals surface area contributed by atoms with E-state index in [1.54, 1.807) is 13.0 Å². The number of Topliss-reactive ketones (excluding diaryl/α,β-unsaturated/α-hetero) is 1. The van der Waals surface area contributed by atoms with Gasteiger partial charge in [0, 0.05) is 56.7 Å². The molecule has 0 spiro atoms. The summed E-state index contributed by atoms with van der Waals surface area (Å²) >= 11 is 0. The number of hydrogen-bond donors (Lipinski definition) is 1. The third kappa shape index (κ3) is 6.96. The summed E-state index contributed by atoms with van der Waals surface area (Å²) in [6, 6.07) is 14.9. The van der Waals surface area contributed by atoms with Gasteiger partial charge in [-0.3, -0.25) is 13.9 Å². The van der Waals surface area contributed by atoms with Crippen molar-refractivity contribution < 1.29 is 17.4 Å². The Balaban J connectivity index is 1.50. The topological polar surface area (TPSA) is 86.8 Å². The first-order valence-electron chi connectivity index (χ1n) is 11.3. The molecule has 1 fully saturated rings. The SMILES string of the molecule is CCNS(=O)(=O)c1cc(C(=O)CCCCN2CCN(c3ccccc3)CC2)ccc1S(C)=O. The van der Waals surface area contributed by atoms with Crippen LogP contribution in [0.15, 0.2) is 58.3 Å². The zero-order valence-electron chi connectivity index (χ0n) is 19.3. The second-order valence-corrected chi connectivity index (χ2v) is 11.2. The molecule has 1 atom stereocenters. The van der Waals surface area contributed by atoms with Crippen molar-refractivity contribution in [2.24, 2.45) is 0 Å². The maximum absolute atomic E-state index is 12.7. The van der Waals surface area contributed by atoms with Gasteiger partial charge < -0.3 is 4.90 Å². The van der Waals surface area contributed by atoms with Crippen molar-refractivity contribution in [3.63, 3.8) is 0 Å². The zero-order chi connectivity index (χ0) is 23.8. The Morgan fingerprint density at radius 3 is 2.36 bits per heavy atom. The highest BCUT2D eigenvalue weighted by Gasteiger charge is 2.22. The molecular formula is C24H33N3O4S2. The maximum Gasteiger partial charge on any atom is 0.241 e. The highest BCUT2D eigenvalue weighted by Crippen LogP contribution is 2.22. The van der Waals surface area contributed by atoms with Crippen molar-refractivity contribution >= 4 is 32.3 Å². The molecule has 0 bridgehead atoms. The number of nitrogens with one attached hydrogen (secondary N) is 1. The Hall–Kier alpha value is -2.07. The number of benzene rings is 2. The number of para-hydroxylation sites is 1. The Labute approximate surface area is 199 Å². The summed E-state index contributed by atoms with van der Waals surface area (Å²) in [5.41, 5.74) is 1.60. The minimum atomic E-state index is -3.81. The number of unbranched alkanes of at least 4 members (excludes halogenated alkanes) is 1. The number of anilines is 1. The molecule has 1 heterocycles. The van der Waals surface area contributed by atoms with Crippen LogP contribution in [-0.4, -0.2) is 68.8 Å². The van der Waals surface area contributed by atoms with E-state index in [2.05, 4.69) is 38.8 Å². The molecule has 1 N–H and O–H groups in total. The fourth-order valence-electron chi connectivity index (χ4n) is 4.03. The monoisotopic (exact) mass is 491 g/mol. The molecule has 1 unspecified atom stereocenters. The van der Waals surface area contributed by atoms with Gasteiger partial charge in [0.05, 0.1) is 20.6 Å². The lowest BCUT2D eigenvalue weighted by Crippen LogP contribution is -2.46. The summed E-state index contributed by atoms with van der Waals surface area (Å²) in [4.78, 5) is 17.7. The predicted octanol–water partition coefficient (Wildman–Crippen LogP) is 2.90. The van der Waals surface area contributed by atoms with Gasteiger partial charge in [0.25, 0.3) is 0 Å². The van der Waals surface area contributed by atoms with Gasteiger partial charge in [0.15, 0.2) is 5.78 Å². The number of carbonyl (C=O) groups is 1. The van der Waals surface area contributed by atoms with Crippen LogP contribution in [0.25, 0.3) is 0 Å². The summed E-state index contributed by atoms with van der Waals surface area (Å²) < 4.78 is 39.4. The zero-order valence-corrected chi connectivity index (χ0v) is 21.0. The van der Waals surface area contributed by atoms with Crippen molar-refractivity contribution in [1.29, 1.82) is 0 Å². The van der Waals surface area contributed by atoms with E-state index in [-0.39, 0.29) is 22.1 Å². The van der Waals surface area contributed by atoms with Crippen LogP contribution in [0.1, 0.15) is 36.5 Å². The third-order valence-electron chi connectivity index (χ3n) is 5.82. The average molecular weight is 492 g/mol. The first-order chi connectivity index (χ1) is 15.8. The van der Waals surface area contributed by atoms with Crippen molar-refractivity contribution in [1.82, 2.24) is 9.62 Å². The van der Waals surface area contributed by atoms with E-state index in [1.165, 1.54) is 24.1 Å². The van der Waals surface area contributed by atoms with E-state index in [0.29, 0.717) is 12.0 Å². The standard InChI is InChI=1S/C24H33N3O4S2/c1-3-25-33(30,31)24-19-20(12-13-23(24)32(2)29)22(28)11-7-8-14-26-15-17-27(18-16-26)21-9-5-4-6-10-21/h4-6,9-10,12-13,19,25H,3,7-8,11,14-18H2,1-2H3. The molecule has 0 aromatic heterocycles. The van der Waals surface area contributed by atoms with Crippen LogP contribution >= 0.6 is 0 Å². The minimum absolute atomic E-state index is 0.0766. The largest absolute Gasteiger partial charge is 0.369 e. The van der Waals surface area contributed by atoms with Crippen molar-refractivity contribution in [3.05, 3.63) is 54.1 Å². The number of nitrogens with zero attached hydrogens (tertiary/aromatic N) is 2. The van der Waals surface area contributed by atoms with Crippen LogP contribution in [0.4, 0.5) is 5.69 Å². The van der Waals surface area contributed by atoms with Crippen LogP contribution in [0.2, 0.25) is 0 Å². The average Bonchev–Trinajstić information content (AvgIpc) is 2.82. The summed E-state index contributed by atoms with van der Waals surface area (Å²) in [6.07, 6.45) is 3.45. The van der Waals surface area contributed by atoms with Crippen molar-refractivity contribution in [2.45, 2.75) is 36.0 Å². The van der Waals surface area contributed by atoms with Gasteiger partial charge in [-0.2, -0.15) is 0 Å². The molecule has 7 nitrogen and oxygen atoms in total. The Morgan fingerprint density at radius 2 is 1.73 bits per heavy atom. The van der Waals surface area contributed by atoms with Gasteiger partial charge in [-0.1, -0.05) is 31.2 Å². The fourth-order valence-corrected chi connectivity index (χ4v) is 6.46. The summed E-state index contributed by atoms with van der Waals surface area (Å²) in [7, 11) is -5.29. The summed E-state index contributed by atoms with van der Waals surface area (Å²) in [5, 5.41) is 0. The lowest BCUT2D eigenvalue weighted by molar-refractivity contribution is 0.0977. The van der Waals surface area contributed by atoms with Gasteiger partial charge in [-0.25, -0.2) is 13.1 Å². The van der Waals surface area contributed by atoms with E-state index in [0.717, 1.165) is 45.6 Å². The van der Waals surface area contributed by atoms with Crippen LogP contribution in [0, 0.1) is 0 Å². The molecule has 33 heavy (non-hydrogen) atoms. The normalized spacial score (nSPS) is 16.0. The number of sulfonamides is 1. The molecule has 0 amide bonds. The summed E-state index contributed by atoms with van der Waals surface area (Å²) in [6.45, 7) is 6.85. The van der Waals surface area contributed by atoms with E-state index in [4.69, 9.17) is 0 Å². The molecule has 0 saturated carbocycles. The first kappa shape index (κ1) is 25.6. The molecule has 1 aliphatic rings. The maximum atomic E-state index is 12.7. The van der Waals surface area contributed by atoms with Gasteiger partial charge in [0.2, 0.25) is 10.0 Å². The molecule has 0 radical (unpaired) electrons. The van der Waals surface area contributed by atoms with Crippen LogP contribution < -0.4 is 9.62 Å². The van der Waals surface area contributed by atoms with Gasteiger partial charge in [-0.05, 0) is 43.7 Å². The van der Waals surface area contributed by atoms with Crippen LogP contribution in [0.3, 0.4) is 0 Å². The first-order valence-corrected chi connectivity index (χ1v) is 14.4. The molecule has 1 aliphatic heterocycles. The molecule has 2 aromatic carbocycles. The smallest absolute Gasteiger partial charge is 0.241 e. The Morgan fingerprint density at radius 1 is 1.03 bits per heavy atom. The molecule has 0 aliphatic carbocycles. The number of carbonyl (C=O) groups excluding carboxylic acids is 1. The Bertz CT molecular complexity index is 1070. The van der Waals surface area contributed by atoms with E-state index in [9.17, 15) is 17.4 Å². The molecule has 2 aromatic rings. The van der Waals surface area contributed by atoms with Crippen LogP contribution in [-0.2, 0) is 20.8 Å². The van der Waals surface area contributed by atoms with Crippen molar-refractivity contribution in [2.75, 3.05) is 50.4 Å². The quantitative estimate of drug-likeness (QED) is 0.384. The highest BCUT2D eigenvalue weighted by atomic mass is 32.2. The number of piperazine rings is 1. The molecule has 3 rings (SSSR count). The lowest BCUT2D eigenvalue weighted by atomic mass is 10.1. The van der Waals surface area contributed by atoms with E-state index in [1.807, 2.05) is 6.07 Å². The second-order valence-electron chi connectivity index (χ2n) is 8.16.